The van der Waals surface area contributed by atoms with Gasteiger partial charge >= 0.3 is 5.97 Å². The van der Waals surface area contributed by atoms with Crippen molar-refractivity contribution in [2.75, 3.05) is 6.61 Å². The van der Waals surface area contributed by atoms with Crippen LogP contribution < -0.4 is 9.47 Å². The van der Waals surface area contributed by atoms with Crippen molar-refractivity contribution in [1.29, 1.82) is 0 Å². The normalized spacial score (nSPS) is 14.3. The van der Waals surface area contributed by atoms with Crippen LogP contribution in [0, 0.1) is 6.92 Å². The molecule has 0 unspecified atom stereocenters. The molecule has 2 aromatic rings. The smallest absolute Gasteiger partial charge is 0.344 e. The number of ether oxygens (including phenoxy) is 3. The highest BCUT2D eigenvalue weighted by molar-refractivity contribution is 6.30. The van der Waals surface area contributed by atoms with Gasteiger partial charge < -0.3 is 14.2 Å². The first-order chi connectivity index (χ1) is 12.8. The Labute approximate surface area is 162 Å². The first-order valence-electron chi connectivity index (χ1n) is 8.50. The van der Waals surface area contributed by atoms with Gasteiger partial charge in [-0.3, -0.25) is 4.79 Å². The van der Waals surface area contributed by atoms with Crippen molar-refractivity contribution in [2.45, 2.75) is 26.9 Å². The molecule has 0 fully saturated rings. The molecule has 5 nitrogen and oxygen atoms in total. The second-order valence-corrected chi connectivity index (χ2v) is 6.87. The molecule has 2 aromatic carbocycles. The molecule has 6 heteroatoms. The summed E-state index contributed by atoms with van der Waals surface area (Å²) in [5, 5.41) is 0.618. The molecule has 0 atom stereocenters. The fraction of sp³-hybridized carbons (Fsp3) is 0.238. The van der Waals surface area contributed by atoms with Crippen LogP contribution in [-0.4, -0.2) is 24.5 Å². The maximum atomic E-state index is 12.7. The minimum absolute atomic E-state index is 0.191. The van der Waals surface area contributed by atoms with Crippen LogP contribution >= 0.6 is 11.6 Å². The number of Topliss-reactive ketones (excluding diaryl/α,β-unsaturated/α-hetero) is 1. The molecule has 1 heterocycles. The molecule has 0 amide bonds. The predicted molar refractivity (Wildman–Crippen MR) is 102 cm³/mol. The average Bonchev–Trinajstić information content (AvgIpc) is 2.91. The minimum atomic E-state index is -0.455. The summed E-state index contributed by atoms with van der Waals surface area (Å²) in [6.45, 7) is 5.12. The summed E-state index contributed by atoms with van der Waals surface area (Å²) in [6.07, 6.45) is 1.46. The standard InChI is InChI=1S/C21H19ClO5/c1-12(2)26-19(23)11-25-16-8-13(3)20-17(10-16)27-18(21(20)24)9-14-4-6-15(22)7-5-14/h4-10,12H,11H2,1-3H3/b18-9-. The van der Waals surface area contributed by atoms with E-state index in [-0.39, 0.29) is 24.3 Å². The SMILES string of the molecule is Cc1cc(OCC(=O)OC(C)C)cc2c1C(=O)/C(=C/c1ccc(Cl)cc1)O2. The van der Waals surface area contributed by atoms with Crippen molar-refractivity contribution in [3.05, 3.63) is 63.9 Å². The fourth-order valence-corrected chi connectivity index (χ4v) is 2.84. The zero-order valence-corrected chi connectivity index (χ0v) is 16.0. The highest BCUT2D eigenvalue weighted by Gasteiger charge is 2.30. The number of carbonyl (C=O) groups excluding carboxylic acids is 2. The van der Waals surface area contributed by atoms with Crippen LogP contribution in [-0.2, 0) is 9.53 Å². The Hall–Kier alpha value is -2.79. The van der Waals surface area contributed by atoms with E-state index in [4.69, 9.17) is 25.8 Å². The molecule has 0 saturated heterocycles. The number of fused-ring (bicyclic) bond motifs is 1. The number of hydrogen-bond acceptors (Lipinski definition) is 5. The van der Waals surface area contributed by atoms with Gasteiger partial charge in [0.1, 0.15) is 11.5 Å². The zero-order chi connectivity index (χ0) is 19.6. The van der Waals surface area contributed by atoms with E-state index in [1.54, 1.807) is 63.2 Å². The maximum absolute atomic E-state index is 12.7. The number of ketones is 1. The van der Waals surface area contributed by atoms with Gasteiger partial charge in [0.2, 0.25) is 5.78 Å². The Bertz CT molecular complexity index is 913. The predicted octanol–water partition coefficient (Wildman–Crippen LogP) is 4.60. The zero-order valence-electron chi connectivity index (χ0n) is 15.2. The van der Waals surface area contributed by atoms with Crippen molar-refractivity contribution in [1.82, 2.24) is 0 Å². The Morgan fingerprint density at radius 1 is 1.22 bits per heavy atom. The minimum Gasteiger partial charge on any atom is -0.482 e. The molecule has 3 rings (SSSR count). The lowest BCUT2D eigenvalue weighted by atomic mass is 10.0. The highest BCUT2D eigenvalue weighted by Crippen LogP contribution is 2.37. The summed E-state index contributed by atoms with van der Waals surface area (Å²) >= 11 is 5.88. The number of halogens is 1. The largest absolute Gasteiger partial charge is 0.482 e. The second-order valence-electron chi connectivity index (χ2n) is 6.43. The first-order valence-corrected chi connectivity index (χ1v) is 8.88. The Balaban J connectivity index is 1.78. The monoisotopic (exact) mass is 386 g/mol. The number of hydrogen-bond donors (Lipinski definition) is 0. The summed E-state index contributed by atoms with van der Waals surface area (Å²) in [5.74, 6) is 0.429. The molecule has 0 bridgehead atoms. The quantitative estimate of drug-likeness (QED) is 0.555. The van der Waals surface area contributed by atoms with Gasteiger partial charge in [-0.2, -0.15) is 0 Å². The van der Waals surface area contributed by atoms with Crippen LogP contribution in [0.2, 0.25) is 5.02 Å². The number of allylic oxidation sites excluding steroid dienone is 1. The average molecular weight is 387 g/mol. The summed E-state index contributed by atoms with van der Waals surface area (Å²) in [4.78, 5) is 24.3. The number of rotatable bonds is 5. The summed E-state index contributed by atoms with van der Waals surface area (Å²) < 4.78 is 16.2. The lowest BCUT2D eigenvalue weighted by Gasteiger charge is -2.10. The van der Waals surface area contributed by atoms with E-state index in [0.29, 0.717) is 27.6 Å². The summed E-state index contributed by atoms with van der Waals surface area (Å²) in [5.41, 5.74) is 2.01. The molecule has 0 aromatic heterocycles. The molecule has 27 heavy (non-hydrogen) atoms. The first kappa shape index (κ1) is 19.0. The number of benzene rings is 2. The number of esters is 1. The van der Waals surface area contributed by atoms with Crippen LogP contribution in [0.4, 0.5) is 0 Å². The van der Waals surface area contributed by atoms with E-state index in [1.165, 1.54) is 0 Å². The van der Waals surface area contributed by atoms with Crippen molar-refractivity contribution in [2.24, 2.45) is 0 Å². The molecule has 0 saturated carbocycles. The van der Waals surface area contributed by atoms with Crippen molar-refractivity contribution >= 4 is 29.4 Å². The van der Waals surface area contributed by atoms with E-state index in [2.05, 4.69) is 0 Å². The molecule has 140 valence electrons. The van der Waals surface area contributed by atoms with Gasteiger partial charge in [-0.1, -0.05) is 23.7 Å². The van der Waals surface area contributed by atoms with Gasteiger partial charge in [-0.15, -0.1) is 0 Å². The van der Waals surface area contributed by atoms with E-state index in [9.17, 15) is 9.59 Å². The molecule has 0 N–H and O–H groups in total. The topological polar surface area (TPSA) is 61.8 Å². The number of carbonyl (C=O) groups is 2. The molecule has 1 aliphatic heterocycles. The lowest BCUT2D eigenvalue weighted by Crippen LogP contribution is -2.18. The van der Waals surface area contributed by atoms with Crippen LogP contribution in [0.1, 0.15) is 35.3 Å². The Morgan fingerprint density at radius 3 is 2.59 bits per heavy atom. The van der Waals surface area contributed by atoms with Crippen molar-refractivity contribution in [3.63, 3.8) is 0 Å². The maximum Gasteiger partial charge on any atom is 0.344 e. The summed E-state index contributed by atoms with van der Waals surface area (Å²) in [7, 11) is 0. The van der Waals surface area contributed by atoms with Gasteiger partial charge in [0.05, 0.1) is 11.7 Å². The summed E-state index contributed by atoms with van der Waals surface area (Å²) in [6, 6.07) is 10.4. The third-order valence-corrected chi connectivity index (χ3v) is 4.09. The van der Waals surface area contributed by atoms with Gasteiger partial charge in [-0.25, -0.2) is 4.79 Å². The van der Waals surface area contributed by atoms with E-state index in [1.807, 2.05) is 0 Å². The number of aryl methyl sites for hydroxylation is 1. The Kier molecular flexibility index (Phi) is 5.51. The van der Waals surface area contributed by atoms with E-state index < -0.39 is 5.97 Å². The lowest BCUT2D eigenvalue weighted by molar-refractivity contribution is -0.149. The van der Waals surface area contributed by atoms with Crippen LogP contribution in [0.3, 0.4) is 0 Å². The van der Waals surface area contributed by atoms with Gasteiger partial charge in [0.25, 0.3) is 0 Å². The van der Waals surface area contributed by atoms with Crippen molar-refractivity contribution < 1.29 is 23.8 Å². The third-order valence-electron chi connectivity index (χ3n) is 3.84. The van der Waals surface area contributed by atoms with Crippen LogP contribution in [0.25, 0.3) is 6.08 Å². The van der Waals surface area contributed by atoms with Crippen LogP contribution in [0.5, 0.6) is 11.5 Å². The molecular weight excluding hydrogens is 368 g/mol. The van der Waals surface area contributed by atoms with Gasteiger partial charge in [0.15, 0.2) is 12.4 Å². The Morgan fingerprint density at radius 2 is 1.93 bits per heavy atom. The molecule has 0 aliphatic carbocycles. The van der Waals surface area contributed by atoms with Crippen LogP contribution in [0.15, 0.2) is 42.2 Å². The molecule has 0 radical (unpaired) electrons. The van der Waals surface area contributed by atoms with Gasteiger partial charge in [-0.05, 0) is 56.2 Å². The van der Waals surface area contributed by atoms with E-state index >= 15 is 0 Å². The molecule has 1 aliphatic rings. The molecule has 0 spiro atoms. The second kappa shape index (κ2) is 7.84. The fourth-order valence-electron chi connectivity index (χ4n) is 2.71. The van der Waals surface area contributed by atoms with Crippen molar-refractivity contribution in [3.8, 4) is 11.5 Å². The highest BCUT2D eigenvalue weighted by atomic mass is 35.5. The van der Waals surface area contributed by atoms with E-state index in [0.717, 1.165) is 5.56 Å². The third kappa shape index (κ3) is 4.49. The van der Waals surface area contributed by atoms with Gasteiger partial charge in [0, 0.05) is 11.1 Å². The molecular formula is C21H19ClO5.